The Hall–Kier alpha value is -1.20. The van der Waals surface area contributed by atoms with Crippen LogP contribution in [0.1, 0.15) is 22.5 Å². The highest BCUT2D eigenvalue weighted by atomic mass is 79.9. The van der Waals surface area contributed by atoms with E-state index in [0.717, 1.165) is 14.9 Å². The van der Waals surface area contributed by atoms with Crippen molar-refractivity contribution in [1.29, 1.82) is 0 Å². The summed E-state index contributed by atoms with van der Waals surface area (Å²) in [6.07, 6.45) is -0.592. The number of aliphatic hydroxyl groups is 1. The molecule has 0 spiro atoms. The molecular formula is C17H16BrNOS. The maximum absolute atomic E-state index is 10.8. The van der Waals surface area contributed by atoms with Crippen molar-refractivity contribution in [3.63, 3.8) is 0 Å². The summed E-state index contributed by atoms with van der Waals surface area (Å²) in [4.78, 5) is 0.961. The van der Waals surface area contributed by atoms with Crippen molar-refractivity contribution >= 4 is 37.4 Å². The van der Waals surface area contributed by atoms with E-state index in [-0.39, 0.29) is 5.92 Å². The summed E-state index contributed by atoms with van der Waals surface area (Å²) in [5.74, 6) is -0.117. The summed E-state index contributed by atoms with van der Waals surface area (Å²) in [5, 5.41) is 11.9. The normalized spacial score (nSPS) is 14.2. The number of fused-ring (bicyclic) bond motifs is 1. The standard InChI is InChI=1S/C17H16BrNOS/c18-14-7-3-2-6-12(14)13(10-19)17(20)16-9-11-5-1-4-8-15(11)21-16/h1-9,13,17,20H,10,19H2. The number of halogens is 1. The van der Waals surface area contributed by atoms with E-state index in [0.29, 0.717) is 6.54 Å². The molecule has 1 heterocycles. The van der Waals surface area contributed by atoms with Crippen LogP contribution < -0.4 is 5.73 Å². The third-order valence-electron chi connectivity index (χ3n) is 3.68. The van der Waals surface area contributed by atoms with Crippen LogP contribution in [0.15, 0.2) is 59.1 Å². The molecule has 3 rings (SSSR count). The van der Waals surface area contributed by atoms with Crippen molar-refractivity contribution in [1.82, 2.24) is 0 Å². The van der Waals surface area contributed by atoms with Crippen LogP contribution in [-0.4, -0.2) is 11.7 Å². The largest absolute Gasteiger partial charge is 0.387 e. The van der Waals surface area contributed by atoms with Crippen LogP contribution in [0.3, 0.4) is 0 Å². The van der Waals surface area contributed by atoms with Gasteiger partial charge in [-0.05, 0) is 29.1 Å². The number of hydrogen-bond donors (Lipinski definition) is 2. The van der Waals surface area contributed by atoms with Crippen LogP contribution in [0.2, 0.25) is 0 Å². The van der Waals surface area contributed by atoms with Crippen molar-refractivity contribution in [2.45, 2.75) is 12.0 Å². The van der Waals surface area contributed by atoms with Crippen LogP contribution in [0.5, 0.6) is 0 Å². The van der Waals surface area contributed by atoms with Gasteiger partial charge in [-0.3, -0.25) is 0 Å². The zero-order chi connectivity index (χ0) is 14.8. The van der Waals surface area contributed by atoms with E-state index >= 15 is 0 Å². The first kappa shape index (κ1) is 14.7. The third kappa shape index (κ3) is 2.90. The topological polar surface area (TPSA) is 46.2 Å². The molecule has 0 bridgehead atoms. The number of rotatable bonds is 4. The van der Waals surface area contributed by atoms with E-state index in [9.17, 15) is 5.11 Å². The van der Waals surface area contributed by atoms with Crippen LogP contribution >= 0.6 is 27.3 Å². The highest BCUT2D eigenvalue weighted by Crippen LogP contribution is 2.38. The first-order valence-electron chi connectivity index (χ1n) is 6.81. The summed E-state index contributed by atoms with van der Waals surface area (Å²) in [5.41, 5.74) is 6.98. The third-order valence-corrected chi connectivity index (χ3v) is 5.58. The molecule has 0 amide bonds. The van der Waals surface area contributed by atoms with Crippen LogP contribution in [0.4, 0.5) is 0 Å². The predicted octanol–water partition coefficient (Wildman–Crippen LogP) is 4.44. The average molecular weight is 362 g/mol. The zero-order valence-corrected chi connectivity index (χ0v) is 13.8. The first-order chi connectivity index (χ1) is 10.2. The molecule has 4 heteroatoms. The lowest BCUT2D eigenvalue weighted by atomic mass is 9.92. The van der Waals surface area contributed by atoms with Gasteiger partial charge in [0.1, 0.15) is 0 Å². The van der Waals surface area contributed by atoms with E-state index in [1.165, 1.54) is 10.1 Å². The maximum atomic E-state index is 10.8. The van der Waals surface area contributed by atoms with Gasteiger partial charge in [0.05, 0.1) is 6.10 Å². The lowest BCUT2D eigenvalue weighted by molar-refractivity contribution is 0.151. The fraction of sp³-hybridized carbons (Fsp3) is 0.176. The summed E-state index contributed by atoms with van der Waals surface area (Å²) >= 11 is 5.18. The Bertz CT molecular complexity index is 722. The zero-order valence-electron chi connectivity index (χ0n) is 11.4. The second-order valence-corrected chi connectivity index (χ2v) is 6.96. The van der Waals surface area contributed by atoms with Gasteiger partial charge in [0, 0.05) is 26.5 Å². The quantitative estimate of drug-likeness (QED) is 0.721. The van der Waals surface area contributed by atoms with Gasteiger partial charge in [0.25, 0.3) is 0 Å². The van der Waals surface area contributed by atoms with Crippen LogP contribution in [-0.2, 0) is 0 Å². The Morgan fingerprint density at radius 2 is 1.81 bits per heavy atom. The SMILES string of the molecule is NCC(c1ccccc1Br)C(O)c1cc2ccccc2s1. The highest BCUT2D eigenvalue weighted by Gasteiger charge is 2.24. The lowest BCUT2D eigenvalue weighted by Crippen LogP contribution is -2.20. The summed E-state index contributed by atoms with van der Waals surface area (Å²) in [7, 11) is 0. The van der Waals surface area contributed by atoms with E-state index in [1.807, 2.05) is 36.4 Å². The van der Waals surface area contributed by atoms with Crippen molar-refractivity contribution in [2.24, 2.45) is 5.73 Å². The summed E-state index contributed by atoms with van der Waals surface area (Å²) in [6.45, 7) is 0.401. The average Bonchev–Trinajstić information content (AvgIpc) is 2.93. The van der Waals surface area contributed by atoms with Gasteiger partial charge in [0.15, 0.2) is 0 Å². The maximum Gasteiger partial charge on any atom is 0.0963 e. The van der Waals surface area contributed by atoms with Gasteiger partial charge in [0.2, 0.25) is 0 Å². The van der Waals surface area contributed by atoms with Gasteiger partial charge in [-0.25, -0.2) is 0 Å². The molecule has 108 valence electrons. The van der Waals surface area contributed by atoms with Gasteiger partial charge in [-0.15, -0.1) is 11.3 Å². The Balaban J connectivity index is 1.98. The lowest BCUT2D eigenvalue weighted by Gasteiger charge is -2.22. The minimum absolute atomic E-state index is 0.117. The van der Waals surface area contributed by atoms with Crippen molar-refractivity contribution in [2.75, 3.05) is 6.54 Å². The second kappa shape index (κ2) is 6.28. The monoisotopic (exact) mass is 361 g/mol. The van der Waals surface area contributed by atoms with Crippen LogP contribution in [0.25, 0.3) is 10.1 Å². The Morgan fingerprint density at radius 1 is 1.10 bits per heavy atom. The Morgan fingerprint density at radius 3 is 2.52 bits per heavy atom. The van der Waals surface area contributed by atoms with Gasteiger partial charge in [-0.1, -0.05) is 52.3 Å². The van der Waals surface area contributed by atoms with E-state index in [2.05, 4.69) is 34.1 Å². The van der Waals surface area contributed by atoms with Gasteiger partial charge in [-0.2, -0.15) is 0 Å². The molecule has 2 unspecified atom stereocenters. The van der Waals surface area contributed by atoms with E-state index in [1.54, 1.807) is 11.3 Å². The molecule has 0 aliphatic rings. The van der Waals surface area contributed by atoms with E-state index < -0.39 is 6.10 Å². The molecule has 3 aromatic rings. The molecule has 0 aliphatic carbocycles. The summed E-state index contributed by atoms with van der Waals surface area (Å²) < 4.78 is 2.18. The van der Waals surface area contributed by atoms with Gasteiger partial charge < -0.3 is 10.8 Å². The Kier molecular flexibility index (Phi) is 4.40. The fourth-order valence-corrected chi connectivity index (χ4v) is 4.24. The molecule has 21 heavy (non-hydrogen) atoms. The Labute approximate surface area is 136 Å². The molecule has 2 nitrogen and oxygen atoms in total. The molecule has 0 saturated carbocycles. The fourth-order valence-electron chi connectivity index (χ4n) is 2.55. The number of aliphatic hydroxyl groups excluding tert-OH is 1. The van der Waals surface area contributed by atoms with Crippen molar-refractivity contribution < 1.29 is 5.11 Å². The minimum atomic E-state index is -0.592. The van der Waals surface area contributed by atoms with Crippen molar-refractivity contribution in [3.8, 4) is 0 Å². The molecule has 0 radical (unpaired) electrons. The first-order valence-corrected chi connectivity index (χ1v) is 8.42. The smallest absolute Gasteiger partial charge is 0.0963 e. The number of benzene rings is 2. The van der Waals surface area contributed by atoms with E-state index in [4.69, 9.17) is 5.73 Å². The van der Waals surface area contributed by atoms with Crippen LogP contribution in [0, 0.1) is 0 Å². The number of hydrogen-bond acceptors (Lipinski definition) is 3. The molecular weight excluding hydrogens is 346 g/mol. The molecule has 1 aromatic heterocycles. The molecule has 0 saturated heterocycles. The highest BCUT2D eigenvalue weighted by molar-refractivity contribution is 9.10. The predicted molar refractivity (Wildman–Crippen MR) is 92.7 cm³/mol. The van der Waals surface area contributed by atoms with Crippen molar-refractivity contribution in [3.05, 3.63) is 69.5 Å². The number of nitrogens with two attached hydrogens (primary N) is 1. The molecule has 0 aliphatic heterocycles. The summed E-state index contributed by atoms with van der Waals surface area (Å²) in [6, 6.07) is 18.2. The van der Waals surface area contributed by atoms with Gasteiger partial charge >= 0.3 is 0 Å². The minimum Gasteiger partial charge on any atom is -0.387 e. The second-order valence-electron chi connectivity index (χ2n) is 5.00. The molecule has 2 atom stereocenters. The molecule has 2 aromatic carbocycles. The molecule has 3 N–H and O–H groups in total. The number of thiophene rings is 1. The molecule has 0 fully saturated rings.